The molecule has 3 rings (SSSR count). The normalized spacial score (nSPS) is 19.9. The van der Waals surface area contributed by atoms with E-state index in [-0.39, 0.29) is 0 Å². The molecule has 2 aromatic rings. The Morgan fingerprint density at radius 2 is 2.11 bits per heavy atom. The summed E-state index contributed by atoms with van der Waals surface area (Å²) in [5, 5.41) is 4.79. The molecule has 2 heterocycles. The van der Waals surface area contributed by atoms with Crippen molar-refractivity contribution in [3.05, 3.63) is 40.2 Å². The van der Waals surface area contributed by atoms with Gasteiger partial charge in [-0.3, -0.25) is 0 Å². The van der Waals surface area contributed by atoms with Gasteiger partial charge in [0.15, 0.2) is 0 Å². The molecule has 0 spiro atoms. The highest BCUT2D eigenvalue weighted by molar-refractivity contribution is 7.99. The van der Waals surface area contributed by atoms with E-state index in [1.54, 1.807) is 0 Å². The van der Waals surface area contributed by atoms with Crippen LogP contribution in [0.1, 0.15) is 15.9 Å². The average molecular weight is 276 g/mol. The molecule has 1 aliphatic rings. The fraction of sp³-hybridized carbons (Fsp3) is 0.357. The Bertz CT molecular complexity index is 516. The molecule has 1 fully saturated rings. The number of hydrogen-bond donors (Lipinski definition) is 1. The maximum Gasteiger partial charge on any atom is 0.111 e. The molecular weight excluding hydrogens is 260 g/mol. The van der Waals surface area contributed by atoms with Crippen LogP contribution in [0.2, 0.25) is 0 Å². The van der Waals surface area contributed by atoms with Crippen molar-refractivity contribution in [3.8, 4) is 11.3 Å². The first-order chi connectivity index (χ1) is 8.84. The minimum absolute atomic E-state index is 0.435. The van der Waals surface area contributed by atoms with Crippen molar-refractivity contribution in [1.82, 2.24) is 10.3 Å². The standard InChI is InChI=1S/C14H16N2S2/c1-10-13(11-5-3-2-4-6-11)16-14(18-10)12-9-17-8-7-15-12/h2-6,12,15H,7-9H2,1H3. The number of aryl methyl sites for hydroxylation is 1. The van der Waals surface area contributed by atoms with Crippen molar-refractivity contribution in [1.29, 1.82) is 0 Å². The molecule has 1 N–H and O–H groups in total. The molecule has 0 amide bonds. The van der Waals surface area contributed by atoms with Crippen molar-refractivity contribution in [2.75, 3.05) is 18.1 Å². The second kappa shape index (κ2) is 5.43. The summed E-state index contributed by atoms with van der Waals surface area (Å²) in [6, 6.07) is 10.9. The number of benzene rings is 1. The zero-order valence-corrected chi connectivity index (χ0v) is 12.0. The van der Waals surface area contributed by atoms with Crippen LogP contribution in [0.3, 0.4) is 0 Å². The molecule has 1 saturated heterocycles. The summed E-state index contributed by atoms with van der Waals surface area (Å²) >= 11 is 3.84. The fourth-order valence-corrected chi connectivity index (χ4v) is 4.22. The van der Waals surface area contributed by atoms with Gasteiger partial charge >= 0.3 is 0 Å². The molecular formula is C14H16N2S2. The molecule has 4 heteroatoms. The van der Waals surface area contributed by atoms with E-state index in [1.807, 2.05) is 29.2 Å². The van der Waals surface area contributed by atoms with E-state index in [0.717, 1.165) is 18.0 Å². The number of thiazole rings is 1. The SMILES string of the molecule is Cc1sc(C2CSCCN2)nc1-c1ccccc1. The van der Waals surface area contributed by atoms with Gasteiger partial charge in [-0.15, -0.1) is 11.3 Å². The highest BCUT2D eigenvalue weighted by atomic mass is 32.2. The van der Waals surface area contributed by atoms with Gasteiger partial charge in [0.2, 0.25) is 0 Å². The van der Waals surface area contributed by atoms with Crippen molar-refractivity contribution >= 4 is 23.1 Å². The van der Waals surface area contributed by atoms with Gasteiger partial charge in [0.1, 0.15) is 5.01 Å². The highest BCUT2D eigenvalue weighted by Gasteiger charge is 2.20. The Kier molecular flexibility index (Phi) is 3.68. The summed E-state index contributed by atoms with van der Waals surface area (Å²) in [5.74, 6) is 2.35. The van der Waals surface area contributed by atoms with Gasteiger partial charge in [0, 0.05) is 28.5 Å². The maximum absolute atomic E-state index is 4.85. The summed E-state index contributed by atoms with van der Waals surface area (Å²) < 4.78 is 0. The molecule has 1 aromatic carbocycles. The van der Waals surface area contributed by atoms with Crippen LogP contribution in [0.15, 0.2) is 30.3 Å². The fourth-order valence-electron chi connectivity index (χ4n) is 2.15. The van der Waals surface area contributed by atoms with Gasteiger partial charge in [-0.1, -0.05) is 30.3 Å². The first kappa shape index (κ1) is 12.2. The Morgan fingerprint density at radius 1 is 1.28 bits per heavy atom. The molecule has 1 aliphatic heterocycles. The van der Waals surface area contributed by atoms with Crippen LogP contribution >= 0.6 is 23.1 Å². The van der Waals surface area contributed by atoms with E-state index < -0.39 is 0 Å². The van der Waals surface area contributed by atoms with Crippen molar-refractivity contribution < 1.29 is 0 Å². The third-order valence-electron chi connectivity index (χ3n) is 3.08. The van der Waals surface area contributed by atoms with Crippen LogP contribution in [-0.4, -0.2) is 23.0 Å². The van der Waals surface area contributed by atoms with Crippen LogP contribution in [0.25, 0.3) is 11.3 Å². The Balaban J connectivity index is 1.91. The van der Waals surface area contributed by atoms with Gasteiger partial charge in [0.25, 0.3) is 0 Å². The topological polar surface area (TPSA) is 24.9 Å². The van der Waals surface area contributed by atoms with Crippen LogP contribution in [-0.2, 0) is 0 Å². The lowest BCUT2D eigenvalue weighted by molar-refractivity contribution is 0.592. The van der Waals surface area contributed by atoms with E-state index in [9.17, 15) is 0 Å². The minimum atomic E-state index is 0.435. The van der Waals surface area contributed by atoms with Crippen molar-refractivity contribution in [2.45, 2.75) is 13.0 Å². The van der Waals surface area contributed by atoms with E-state index in [1.165, 1.54) is 21.2 Å². The van der Waals surface area contributed by atoms with Crippen LogP contribution in [0.4, 0.5) is 0 Å². The number of nitrogens with zero attached hydrogens (tertiary/aromatic N) is 1. The number of aromatic nitrogens is 1. The number of nitrogens with one attached hydrogen (secondary N) is 1. The predicted molar refractivity (Wildman–Crippen MR) is 80.4 cm³/mol. The molecule has 0 saturated carbocycles. The molecule has 94 valence electrons. The van der Waals surface area contributed by atoms with Crippen LogP contribution < -0.4 is 5.32 Å². The minimum Gasteiger partial charge on any atom is -0.306 e. The quantitative estimate of drug-likeness (QED) is 0.909. The Hall–Kier alpha value is -0.840. The lowest BCUT2D eigenvalue weighted by Gasteiger charge is -2.20. The van der Waals surface area contributed by atoms with Gasteiger partial charge in [0.05, 0.1) is 11.7 Å². The third kappa shape index (κ3) is 2.46. The largest absolute Gasteiger partial charge is 0.306 e. The molecule has 0 aliphatic carbocycles. The summed E-state index contributed by atoms with van der Waals surface area (Å²) in [6.45, 7) is 3.26. The van der Waals surface area contributed by atoms with Crippen LogP contribution in [0.5, 0.6) is 0 Å². The molecule has 0 radical (unpaired) electrons. The van der Waals surface area contributed by atoms with Gasteiger partial charge in [-0.05, 0) is 6.92 Å². The molecule has 18 heavy (non-hydrogen) atoms. The van der Waals surface area contributed by atoms with E-state index >= 15 is 0 Å². The smallest absolute Gasteiger partial charge is 0.111 e. The molecule has 1 atom stereocenters. The van der Waals surface area contributed by atoms with E-state index in [2.05, 4.69) is 36.5 Å². The lowest BCUT2D eigenvalue weighted by Crippen LogP contribution is -2.30. The zero-order valence-electron chi connectivity index (χ0n) is 10.3. The lowest BCUT2D eigenvalue weighted by atomic mass is 10.1. The maximum atomic E-state index is 4.85. The first-order valence-electron chi connectivity index (χ1n) is 6.18. The average Bonchev–Trinajstić information content (AvgIpc) is 2.83. The highest BCUT2D eigenvalue weighted by Crippen LogP contribution is 2.32. The number of rotatable bonds is 2. The summed E-state index contributed by atoms with van der Waals surface area (Å²) in [4.78, 5) is 6.16. The molecule has 0 bridgehead atoms. The number of hydrogen-bond acceptors (Lipinski definition) is 4. The first-order valence-corrected chi connectivity index (χ1v) is 8.15. The van der Waals surface area contributed by atoms with Crippen molar-refractivity contribution in [3.63, 3.8) is 0 Å². The Labute approximate surface area is 116 Å². The molecule has 1 unspecified atom stereocenters. The van der Waals surface area contributed by atoms with Crippen LogP contribution in [0, 0.1) is 6.92 Å². The second-order valence-electron chi connectivity index (χ2n) is 4.40. The van der Waals surface area contributed by atoms with Gasteiger partial charge in [-0.2, -0.15) is 11.8 Å². The molecule has 1 aromatic heterocycles. The van der Waals surface area contributed by atoms with E-state index in [4.69, 9.17) is 4.98 Å². The second-order valence-corrected chi connectivity index (χ2v) is 6.79. The molecule has 2 nitrogen and oxygen atoms in total. The zero-order chi connectivity index (χ0) is 12.4. The summed E-state index contributed by atoms with van der Waals surface area (Å²) in [6.07, 6.45) is 0. The van der Waals surface area contributed by atoms with Gasteiger partial charge < -0.3 is 5.32 Å². The monoisotopic (exact) mass is 276 g/mol. The van der Waals surface area contributed by atoms with Gasteiger partial charge in [-0.25, -0.2) is 4.98 Å². The Morgan fingerprint density at radius 3 is 2.83 bits per heavy atom. The van der Waals surface area contributed by atoms with Crippen molar-refractivity contribution in [2.24, 2.45) is 0 Å². The third-order valence-corrected chi connectivity index (χ3v) is 5.23. The van der Waals surface area contributed by atoms with E-state index in [0.29, 0.717) is 6.04 Å². The number of thioether (sulfide) groups is 1. The predicted octanol–water partition coefficient (Wildman–Crippen LogP) is 3.50. The summed E-state index contributed by atoms with van der Waals surface area (Å²) in [5.41, 5.74) is 2.37. The summed E-state index contributed by atoms with van der Waals surface area (Å²) in [7, 11) is 0.